The first-order chi connectivity index (χ1) is 9.79. The number of anilines is 1. The highest BCUT2D eigenvalue weighted by Gasteiger charge is 2.42. The van der Waals surface area contributed by atoms with Gasteiger partial charge in [-0.05, 0) is 49.3 Å². The van der Waals surface area contributed by atoms with Crippen molar-refractivity contribution in [3.8, 4) is 0 Å². The number of nitrogens with zero attached hydrogens (tertiary/aromatic N) is 2. The lowest BCUT2D eigenvalue weighted by Crippen LogP contribution is -2.51. The second-order valence-electron chi connectivity index (χ2n) is 6.75. The van der Waals surface area contributed by atoms with Crippen molar-refractivity contribution in [3.05, 3.63) is 29.3 Å². The summed E-state index contributed by atoms with van der Waals surface area (Å²) >= 11 is 6.10. The SMILES string of the molecule is Clc1cccc(N2CCN([C@H]3C[C@H]4CC[C@H]3C4)CC2)c1. The molecule has 0 aromatic heterocycles. The van der Waals surface area contributed by atoms with E-state index < -0.39 is 0 Å². The van der Waals surface area contributed by atoms with Gasteiger partial charge in [0.15, 0.2) is 0 Å². The Bertz CT molecular complexity index is 482. The smallest absolute Gasteiger partial charge is 0.0426 e. The molecule has 1 heterocycles. The van der Waals surface area contributed by atoms with Crippen molar-refractivity contribution in [1.82, 2.24) is 4.90 Å². The average molecular weight is 291 g/mol. The van der Waals surface area contributed by atoms with Crippen LogP contribution in [0, 0.1) is 11.8 Å². The summed E-state index contributed by atoms with van der Waals surface area (Å²) in [4.78, 5) is 5.25. The van der Waals surface area contributed by atoms with Gasteiger partial charge in [-0.3, -0.25) is 4.90 Å². The van der Waals surface area contributed by atoms with Crippen LogP contribution in [0.1, 0.15) is 25.7 Å². The summed E-state index contributed by atoms with van der Waals surface area (Å²) in [6, 6.07) is 9.18. The number of hydrogen-bond acceptors (Lipinski definition) is 2. The summed E-state index contributed by atoms with van der Waals surface area (Å²) in [5, 5.41) is 0.845. The van der Waals surface area contributed by atoms with Crippen molar-refractivity contribution in [1.29, 1.82) is 0 Å². The van der Waals surface area contributed by atoms with Crippen molar-refractivity contribution in [2.75, 3.05) is 31.1 Å². The van der Waals surface area contributed by atoms with Gasteiger partial charge in [0.2, 0.25) is 0 Å². The second-order valence-corrected chi connectivity index (χ2v) is 7.18. The van der Waals surface area contributed by atoms with E-state index in [4.69, 9.17) is 11.6 Å². The molecule has 0 spiro atoms. The molecule has 0 unspecified atom stereocenters. The Morgan fingerprint density at radius 3 is 2.50 bits per heavy atom. The molecule has 1 aromatic carbocycles. The molecule has 3 atom stereocenters. The van der Waals surface area contributed by atoms with Gasteiger partial charge in [-0.25, -0.2) is 0 Å². The van der Waals surface area contributed by atoms with Gasteiger partial charge in [-0.2, -0.15) is 0 Å². The van der Waals surface area contributed by atoms with Gasteiger partial charge in [0.05, 0.1) is 0 Å². The van der Waals surface area contributed by atoms with Crippen LogP contribution < -0.4 is 4.90 Å². The van der Waals surface area contributed by atoms with Crippen LogP contribution in [-0.4, -0.2) is 37.1 Å². The molecule has 3 heteroatoms. The topological polar surface area (TPSA) is 6.48 Å². The molecule has 3 aliphatic rings. The van der Waals surface area contributed by atoms with Crippen LogP contribution in [0.3, 0.4) is 0 Å². The zero-order valence-corrected chi connectivity index (χ0v) is 12.7. The van der Waals surface area contributed by atoms with E-state index in [0.717, 1.165) is 36.0 Å². The number of rotatable bonds is 2. The van der Waals surface area contributed by atoms with Gasteiger partial charge in [0, 0.05) is 42.9 Å². The van der Waals surface area contributed by atoms with Crippen LogP contribution in [-0.2, 0) is 0 Å². The van der Waals surface area contributed by atoms with Crippen LogP contribution in [0.2, 0.25) is 5.02 Å². The summed E-state index contributed by atoms with van der Waals surface area (Å²) in [5.74, 6) is 2.06. The van der Waals surface area contributed by atoms with Crippen LogP contribution in [0.25, 0.3) is 0 Å². The zero-order chi connectivity index (χ0) is 13.5. The van der Waals surface area contributed by atoms with Crippen molar-refractivity contribution >= 4 is 17.3 Å². The van der Waals surface area contributed by atoms with E-state index in [1.54, 1.807) is 0 Å². The van der Waals surface area contributed by atoms with Gasteiger partial charge in [-0.1, -0.05) is 24.1 Å². The number of benzene rings is 1. The molecule has 1 aromatic rings. The van der Waals surface area contributed by atoms with E-state index in [9.17, 15) is 0 Å². The average Bonchev–Trinajstić information content (AvgIpc) is 3.10. The largest absolute Gasteiger partial charge is 0.369 e. The van der Waals surface area contributed by atoms with Crippen molar-refractivity contribution < 1.29 is 0 Å². The number of fused-ring (bicyclic) bond motifs is 2. The lowest BCUT2D eigenvalue weighted by atomic mass is 9.93. The summed E-state index contributed by atoms with van der Waals surface area (Å²) in [6.07, 6.45) is 5.98. The van der Waals surface area contributed by atoms with Crippen LogP contribution in [0.15, 0.2) is 24.3 Å². The Labute approximate surface area is 126 Å². The van der Waals surface area contributed by atoms with E-state index in [0.29, 0.717) is 0 Å². The van der Waals surface area contributed by atoms with Crippen LogP contribution >= 0.6 is 11.6 Å². The molecule has 20 heavy (non-hydrogen) atoms. The molecule has 2 bridgehead atoms. The maximum Gasteiger partial charge on any atom is 0.0426 e. The first-order valence-corrected chi connectivity index (χ1v) is 8.42. The first-order valence-electron chi connectivity index (χ1n) is 8.04. The van der Waals surface area contributed by atoms with Crippen molar-refractivity contribution in [3.63, 3.8) is 0 Å². The molecular weight excluding hydrogens is 268 g/mol. The fraction of sp³-hybridized carbons (Fsp3) is 0.647. The third-order valence-electron chi connectivity index (χ3n) is 5.66. The molecule has 108 valence electrons. The predicted molar refractivity (Wildman–Crippen MR) is 84.5 cm³/mol. The molecule has 1 saturated heterocycles. The second kappa shape index (κ2) is 5.23. The molecule has 2 aliphatic carbocycles. The molecular formula is C17H23ClN2. The molecule has 0 N–H and O–H groups in total. The fourth-order valence-corrected chi connectivity index (χ4v) is 4.83. The normalized spacial score (nSPS) is 33.9. The highest BCUT2D eigenvalue weighted by atomic mass is 35.5. The van der Waals surface area contributed by atoms with Crippen LogP contribution in [0.5, 0.6) is 0 Å². The maximum atomic E-state index is 6.10. The Hall–Kier alpha value is -0.730. The minimum absolute atomic E-state index is 0.845. The van der Waals surface area contributed by atoms with Gasteiger partial charge < -0.3 is 4.90 Å². The summed E-state index contributed by atoms with van der Waals surface area (Å²) in [7, 11) is 0. The molecule has 2 saturated carbocycles. The summed E-state index contributed by atoms with van der Waals surface area (Å²) < 4.78 is 0. The van der Waals surface area contributed by atoms with Crippen LogP contribution in [0.4, 0.5) is 5.69 Å². The Morgan fingerprint density at radius 2 is 1.85 bits per heavy atom. The molecule has 1 aliphatic heterocycles. The minimum atomic E-state index is 0.845. The molecule has 4 rings (SSSR count). The first kappa shape index (κ1) is 13.0. The highest BCUT2D eigenvalue weighted by Crippen LogP contribution is 2.46. The lowest BCUT2D eigenvalue weighted by Gasteiger charge is -2.41. The Kier molecular flexibility index (Phi) is 3.39. The zero-order valence-electron chi connectivity index (χ0n) is 12.0. The highest BCUT2D eigenvalue weighted by molar-refractivity contribution is 6.30. The number of hydrogen-bond donors (Lipinski definition) is 0. The number of piperazine rings is 1. The summed E-state index contributed by atoms with van der Waals surface area (Å²) in [5.41, 5.74) is 1.28. The van der Waals surface area contributed by atoms with E-state index in [1.807, 2.05) is 6.07 Å². The van der Waals surface area contributed by atoms with E-state index in [1.165, 1.54) is 44.5 Å². The molecule has 3 fully saturated rings. The minimum Gasteiger partial charge on any atom is -0.369 e. The third-order valence-corrected chi connectivity index (χ3v) is 5.89. The van der Waals surface area contributed by atoms with E-state index >= 15 is 0 Å². The van der Waals surface area contributed by atoms with Gasteiger partial charge >= 0.3 is 0 Å². The van der Waals surface area contributed by atoms with Gasteiger partial charge in [0.25, 0.3) is 0 Å². The quantitative estimate of drug-likeness (QED) is 0.820. The number of halogens is 1. The Balaban J connectivity index is 1.38. The lowest BCUT2D eigenvalue weighted by molar-refractivity contribution is 0.135. The van der Waals surface area contributed by atoms with Crippen molar-refractivity contribution in [2.24, 2.45) is 11.8 Å². The predicted octanol–water partition coefficient (Wildman–Crippen LogP) is 3.65. The van der Waals surface area contributed by atoms with E-state index in [2.05, 4.69) is 28.0 Å². The molecule has 2 nitrogen and oxygen atoms in total. The molecule has 0 amide bonds. The van der Waals surface area contributed by atoms with Gasteiger partial charge in [0.1, 0.15) is 0 Å². The maximum absolute atomic E-state index is 6.10. The monoisotopic (exact) mass is 290 g/mol. The molecule has 0 radical (unpaired) electrons. The third kappa shape index (κ3) is 2.33. The van der Waals surface area contributed by atoms with E-state index in [-0.39, 0.29) is 0 Å². The standard InChI is InChI=1S/C17H23ClN2/c18-15-2-1-3-16(12-15)19-6-8-20(9-7-19)17-11-13-4-5-14(17)10-13/h1-3,12-14,17H,4-11H2/t13-,14-,17-/m0/s1. The van der Waals surface area contributed by atoms with Crippen molar-refractivity contribution in [2.45, 2.75) is 31.7 Å². The Morgan fingerprint density at radius 1 is 1.00 bits per heavy atom. The van der Waals surface area contributed by atoms with Gasteiger partial charge in [-0.15, -0.1) is 0 Å². The summed E-state index contributed by atoms with van der Waals surface area (Å²) in [6.45, 7) is 4.74. The fourth-order valence-electron chi connectivity index (χ4n) is 4.64.